The van der Waals surface area contributed by atoms with Gasteiger partial charge in [-0.3, -0.25) is 4.79 Å². The molecule has 1 aromatic rings. The van der Waals surface area contributed by atoms with Gasteiger partial charge in [0.05, 0.1) is 0 Å². The number of carbonyl (C=O) groups excluding carboxylic acids is 1. The third kappa shape index (κ3) is 3.35. The van der Waals surface area contributed by atoms with E-state index in [0.29, 0.717) is 5.56 Å². The molecule has 3 nitrogen and oxygen atoms in total. The Kier molecular flexibility index (Phi) is 4.99. The molecule has 0 aliphatic rings. The molecule has 0 radical (unpaired) electrons. The zero-order valence-electron chi connectivity index (χ0n) is 10.1. The second-order valence-electron chi connectivity index (χ2n) is 3.80. The number of hydrogen-bond donors (Lipinski definition) is 1. The van der Waals surface area contributed by atoms with Gasteiger partial charge < -0.3 is 10.6 Å². The van der Waals surface area contributed by atoms with E-state index in [2.05, 4.69) is 18.7 Å². The summed E-state index contributed by atoms with van der Waals surface area (Å²) in [6.07, 6.45) is 0.876. The van der Waals surface area contributed by atoms with Crippen molar-refractivity contribution < 1.29 is 4.79 Å². The van der Waals surface area contributed by atoms with Gasteiger partial charge >= 0.3 is 0 Å². The molecular formula is C13H20N2O. The van der Waals surface area contributed by atoms with Crippen molar-refractivity contribution in [2.24, 2.45) is 5.73 Å². The maximum Gasteiger partial charge on any atom is 0.248 e. The Morgan fingerprint density at radius 2 is 1.88 bits per heavy atom. The predicted molar refractivity (Wildman–Crippen MR) is 66.5 cm³/mol. The van der Waals surface area contributed by atoms with E-state index in [1.807, 2.05) is 18.2 Å². The number of nitrogens with two attached hydrogens (primary N) is 1. The number of hydrogen-bond acceptors (Lipinski definition) is 2. The zero-order valence-corrected chi connectivity index (χ0v) is 10.1. The minimum Gasteiger partial charge on any atom is -0.366 e. The largest absolute Gasteiger partial charge is 0.366 e. The van der Waals surface area contributed by atoms with Crippen LogP contribution in [0.2, 0.25) is 0 Å². The average Bonchev–Trinajstić information content (AvgIpc) is 2.30. The van der Waals surface area contributed by atoms with E-state index in [1.165, 1.54) is 0 Å². The van der Waals surface area contributed by atoms with Gasteiger partial charge in [-0.1, -0.05) is 32.0 Å². The highest BCUT2D eigenvalue weighted by atomic mass is 16.1. The molecule has 1 amide bonds. The van der Waals surface area contributed by atoms with E-state index in [4.69, 9.17) is 5.73 Å². The maximum atomic E-state index is 11.2. The Balaban J connectivity index is 2.69. The summed E-state index contributed by atoms with van der Waals surface area (Å²) in [6, 6.07) is 7.56. The highest BCUT2D eigenvalue weighted by Gasteiger charge is 2.07. The Hall–Kier alpha value is -1.35. The molecule has 0 fully saturated rings. The van der Waals surface area contributed by atoms with Crippen LogP contribution in [0.15, 0.2) is 24.3 Å². The van der Waals surface area contributed by atoms with E-state index in [0.717, 1.165) is 31.6 Å². The van der Waals surface area contributed by atoms with Gasteiger partial charge in [-0.25, -0.2) is 0 Å². The Bertz CT molecular complexity index is 346. The highest BCUT2D eigenvalue weighted by Crippen LogP contribution is 2.09. The first-order valence-corrected chi connectivity index (χ1v) is 5.79. The van der Waals surface area contributed by atoms with Gasteiger partial charge in [0, 0.05) is 12.1 Å². The topological polar surface area (TPSA) is 46.3 Å². The van der Waals surface area contributed by atoms with Crippen LogP contribution in [0.25, 0.3) is 0 Å². The molecule has 0 aliphatic heterocycles. The summed E-state index contributed by atoms with van der Waals surface area (Å²) >= 11 is 0. The molecule has 0 atom stereocenters. The van der Waals surface area contributed by atoms with Crippen molar-refractivity contribution in [3.05, 3.63) is 35.4 Å². The molecule has 2 N–H and O–H groups in total. The Morgan fingerprint density at radius 1 is 1.25 bits per heavy atom. The molecule has 0 aliphatic carbocycles. The van der Waals surface area contributed by atoms with Crippen LogP contribution in [-0.2, 0) is 6.42 Å². The number of carbonyl (C=O) groups is 1. The summed E-state index contributed by atoms with van der Waals surface area (Å²) in [4.78, 5) is 13.5. The zero-order chi connectivity index (χ0) is 12.0. The summed E-state index contributed by atoms with van der Waals surface area (Å²) in [5.74, 6) is -0.338. The highest BCUT2D eigenvalue weighted by molar-refractivity contribution is 5.94. The third-order valence-corrected chi connectivity index (χ3v) is 2.87. The van der Waals surface area contributed by atoms with Crippen molar-refractivity contribution in [3.63, 3.8) is 0 Å². The number of rotatable bonds is 6. The van der Waals surface area contributed by atoms with Gasteiger partial charge in [0.15, 0.2) is 0 Å². The lowest BCUT2D eigenvalue weighted by atomic mass is 10.0. The van der Waals surface area contributed by atoms with Crippen molar-refractivity contribution in [2.75, 3.05) is 19.6 Å². The van der Waals surface area contributed by atoms with Crippen LogP contribution < -0.4 is 5.73 Å². The number of primary amides is 1. The molecule has 0 bridgehead atoms. The fraction of sp³-hybridized carbons (Fsp3) is 0.462. The van der Waals surface area contributed by atoms with Crippen LogP contribution in [0, 0.1) is 0 Å². The number of benzene rings is 1. The molecule has 0 unspecified atom stereocenters. The monoisotopic (exact) mass is 220 g/mol. The molecule has 0 aromatic heterocycles. The van der Waals surface area contributed by atoms with Crippen LogP contribution >= 0.6 is 0 Å². The molecule has 16 heavy (non-hydrogen) atoms. The first kappa shape index (κ1) is 12.7. The van der Waals surface area contributed by atoms with Crippen LogP contribution in [0.3, 0.4) is 0 Å². The number of amides is 1. The summed E-state index contributed by atoms with van der Waals surface area (Å²) < 4.78 is 0. The average molecular weight is 220 g/mol. The van der Waals surface area contributed by atoms with E-state index in [9.17, 15) is 4.79 Å². The summed E-state index contributed by atoms with van der Waals surface area (Å²) in [5, 5.41) is 0. The molecule has 0 saturated heterocycles. The smallest absolute Gasteiger partial charge is 0.248 e. The Morgan fingerprint density at radius 3 is 2.44 bits per heavy atom. The lowest BCUT2D eigenvalue weighted by Crippen LogP contribution is -2.26. The maximum absolute atomic E-state index is 11.2. The van der Waals surface area contributed by atoms with Gasteiger partial charge in [-0.15, -0.1) is 0 Å². The van der Waals surface area contributed by atoms with E-state index >= 15 is 0 Å². The molecule has 0 heterocycles. The van der Waals surface area contributed by atoms with Crippen LogP contribution in [0.1, 0.15) is 29.8 Å². The van der Waals surface area contributed by atoms with E-state index in [-0.39, 0.29) is 5.91 Å². The molecular weight excluding hydrogens is 200 g/mol. The second-order valence-corrected chi connectivity index (χ2v) is 3.80. The lowest BCUT2D eigenvalue weighted by molar-refractivity contribution is 0.0999. The van der Waals surface area contributed by atoms with Crippen molar-refractivity contribution >= 4 is 5.91 Å². The van der Waals surface area contributed by atoms with Gasteiger partial charge in [0.2, 0.25) is 5.91 Å². The first-order valence-electron chi connectivity index (χ1n) is 5.79. The summed E-state index contributed by atoms with van der Waals surface area (Å²) in [5.41, 5.74) is 7.02. The first-order chi connectivity index (χ1) is 7.69. The summed E-state index contributed by atoms with van der Waals surface area (Å²) in [7, 11) is 0. The fourth-order valence-electron chi connectivity index (χ4n) is 1.80. The van der Waals surface area contributed by atoms with Crippen molar-refractivity contribution in [1.29, 1.82) is 0 Å². The van der Waals surface area contributed by atoms with Crippen molar-refractivity contribution in [1.82, 2.24) is 4.90 Å². The number of nitrogens with zero attached hydrogens (tertiary/aromatic N) is 1. The van der Waals surface area contributed by atoms with Gasteiger partial charge in [-0.2, -0.15) is 0 Å². The summed E-state index contributed by atoms with van der Waals surface area (Å²) in [6.45, 7) is 7.33. The SMILES string of the molecule is CCN(CC)CCc1ccccc1C(N)=O. The minimum atomic E-state index is -0.338. The molecule has 0 spiro atoms. The standard InChI is InChI=1S/C13H20N2O/c1-3-15(4-2)10-9-11-7-5-6-8-12(11)13(14)16/h5-8H,3-4,9-10H2,1-2H3,(H2,14,16). The fourth-order valence-corrected chi connectivity index (χ4v) is 1.80. The molecule has 3 heteroatoms. The van der Waals surface area contributed by atoms with Crippen molar-refractivity contribution in [3.8, 4) is 0 Å². The molecule has 1 aromatic carbocycles. The van der Waals surface area contributed by atoms with Gasteiger partial charge in [-0.05, 0) is 31.1 Å². The minimum absolute atomic E-state index is 0.338. The van der Waals surface area contributed by atoms with Crippen molar-refractivity contribution in [2.45, 2.75) is 20.3 Å². The molecule has 1 rings (SSSR count). The molecule has 88 valence electrons. The second kappa shape index (κ2) is 6.28. The van der Waals surface area contributed by atoms with Gasteiger partial charge in [0.1, 0.15) is 0 Å². The van der Waals surface area contributed by atoms with Crippen LogP contribution in [0.4, 0.5) is 0 Å². The Labute approximate surface area is 97.2 Å². The third-order valence-electron chi connectivity index (χ3n) is 2.87. The van der Waals surface area contributed by atoms with E-state index < -0.39 is 0 Å². The number of likely N-dealkylation sites (N-methyl/N-ethyl adjacent to an activating group) is 1. The quantitative estimate of drug-likeness (QED) is 0.792. The van der Waals surface area contributed by atoms with E-state index in [1.54, 1.807) is 6.07 Å². The van der Waals surface area contributed by atoms with Crippen LogP contribution in [0.5, 0.6) is 0 Å². The predicted octanol–water partition coefficient (Wildman–Crippen LogP) is 1.67. The normalized spacial score (nSPS) is 10.7. The molecule has 0 saturated carbocycles. The lowest BCUT2D eigenvalue weighted by Gasteiger charge is -2.18. The van der Waals surface area contributed by atoms with Gasteiger partial charge in [0.25, 0.3) is 0 Å². The van der Waals surface area contributed by atoms with Crippen LogP contribution in [-0.4, -0.2) is 30.4 Å².